The fourth-order valence-electron chi connectivity index (χ4n) is 1.08. The van der Waals surface area contributed by atoms with Gasteiger partial charge in [0.25, 0.3) is 0 Å². The zero-order valence-electron chi connectivity index (χ0n) is 9.09. The molecule has 0 aliphatic heterocycles. The number of halogens is 3. The molecule has 9 heteroatoms. The number of carbonyl (C=O) groups excluding carboxylic acids is 1. The molecule has 0 aromatic rings. The molecular formula is C8H15F3N2O3S. The predicted octanol–water partition coefficient (Wildman–Crippen LogP) is 0.514. The number of carbonyl (C=O) groups is 1. The molecule has 102 valence electrons. The van der Waals surface area contributed by atoms with Crippen molar-refractivity contribution in [2.45, 2.75) is 31.9 Å². The van der Waals surface area contributed by atoms with E-state index in [1.54, 1.807) is 5.32 Å². The zero-order valence-corrected chi connectivity index (χ0v) is 9.90. The lowest BCUT2D eigenvalue weighted by Gasteiger charge is -2.07. The topological polar surface area (TPSA) is 89.3 Å². The summed E-state index contributed by atoms with van der Waals surface area (Å²) in [6.45, 7) is -0.0757. The van der Waals surface area contributed by atoms with Crippen molar-refractivity contribution >= 4 is 15.9 Å². The normalized spacial score (nSPS) is 12.5. The monoisotopic (exact) mass is 276 g/mol. The van der Waals surface area contributed by atoms with Gasteiger partial charge in [-0.15, -0.1) is 0 Å². The van der Waals surface area contributed by atoms with Gasteiger partial charge in [-0.05, 0) is 12.8 Å². The summed E-state index contributed by atoms with van der Waals surface area (Å²) >= 11 is 0. The van der Waals surface area contributed by atoms with Crippen LogP contribution in [0.3, 0.4) is 0 Å². The van der Waals surface area contributed by atoms with Crippen LogP contribution in [0.5, 0.6) is 0 Å². The molecule has 17 heavy (non-hydrogen) atoms. The Bertz CT molecular complexity index is 340. The molecule has 0 rings (SSSR count). The summed E-state index contributed by atoms with van der Waals surface area (Å²) in [5.41, 5.74) is 0. The maximum absolute atomic E-state index is 11.7. The molecule has 0 fully saturated rings. The number of primary sulfonamides is 1. The van der Waals surface area contributed by atoms with E-state index in [-0.39, 0.29) is 12.3 Å². The van der Waals surface area contributed by atoms with Crippen molar-refractivity contribution in [3.05, 3.63) is 0 Å². The minimum atomic E-state index is -4.85. The second kappa shape index (κ2) is 6.80. The quantitative estimate of drug-likeness (QED) is 0.664. The zero-order chi connectivity index (χ0) is 13.5. The number of nitrogens with two attached hydrogens (primary N) is 1. The Hall–Kier alpha value is -0.830. The molecular weight excluding hydrogens is 261 g/mol. The van der Waals surface area contributed by atoms with Gasteiger partial charge < -0.3 is 5.32 Å². The molecule has 0 bridgehead atoms. The van der Waals surface area contributed by atoms with Crippen LogP contribution in [0.15, 0.2) is 0 Å². The van der Waals surface area contributed by atoms with Gasteiger partial charge in [-0.1, -0.05) is 12.8 Å². The molecule has 1 amide bonds. The van der Waals surface area contributed by atoms with Gasteiger partial charge in [0, 0.05) is 6.54 Å². The van der Waals surface area contributed by atoms with Crippen molar-refractivity contribution in [1.29, 1.82) is 0 Å². The highest BCUT2D eigenvalue weighted by atomic mass is 32.2. The van der Waals surface area contributed by atoms with E-state index in [4.69, 9.17) is 5.14 Å². The van der Waals surface area contributed by atoms with Crippen molar-refractivity contribution in [3.63, 3.8) is 0 Å². The van der Waals surface area contributed by atoms with Crippen molar-refractivity contribution in [3.8, 4) is 0 Å². The van der Waals surface area contributed by atoms with Crippen LogP contribution in [0.4, 0.5) is 13.2 Å². The highest BCUT2D eigenvalue weighted by Gasteiger charge is 2.38. The summed E-state index contributed by atoms with van der Waals surface area (Å²) in [6, 6.07) is 0. The van der Waals surface area contributed by atoms with Crippen LogP contribution < -0.4 is 10.5 Å². The third-order valence-electron chi connectivity index (χ3n) is 1.90. The first kappa shape index (κ1) is 16.2. The number of nitrogens with one attached hydrogen (secondary N) is 1. The van der Waals surface area contributed by atoms with Gasteiger partial charge in [-0.25, -0.2) is 13.6 Å². The number of alkyl halides is 3. The average molecular weight is 276 g/mol. The van der Waals surface area contributed by atoms with Crippen molar-refractivity contribution in [1.82, 2.24) is 5.32 Å². The summed E-state index contributed by atoms with van der Waals surface area (Å²) in [4.78, 5) is 10.4. The molecule has 0 aliphatic rings. The summed E-state index contributed by atoms with van der Waals surface area (Å²) < 4.78 is 56.2. The van der Waals surface area contributed by atoms with E-state index in [1.807, 2.05) is 0 Å². The summed E-state index contributed by atoms with van der Waals surface area (Å²) in [5.74, 6) is -2.09. The Morgan fingerprint density at radius 3 is 2.12 bits per heavy atom. The lowest BCUT2D eigenvalue weighted by molar-refractivity contribution is -0.173. The van der Waals surface area contributed by atoms with E-state index < -0.39 is 22.1 Å². The lowest BCUT2D eigenvalue weighted by atomic mass is 10.2. The molecule has 0 aromatic heterocycles. The third-order valence-corrected chi connectivity index (χ3v) is 2.76. The number of sulfonamides is 1. The van der Waals surface area contributed by atoms with Crippen molar-refractivity contribution in [2.75, 3.05) is 12.3 Å². The fourth-order valence-corrected chi connectivity index (χ4v) is 1.69. The molecule has 0 aliphatic carbocycles. The van der Waals surface area contributed by atoms with E-state index in [0.717, 1.165) is 0 Å². The highest BCUT2D eigenvalue weighted by molar-refractivity contribution is 7.89. The van der Waals surface area contributed by atoms with E-state index >= 15 is 0 Å². The standard InChI is InChI=1S/C8H15F3N2O3S/c9-8(10,11)7(14)13-5-3-1-2-4-6-17(12,15)16/h1-6H2,(H,13,14)(H2,12,15,16). The van der Waals surface area contributed by atoms with Gasteiger partial charge in [0.05, 0.1) is 5.75 Å². The molecule has 0 atom stereocenters. The van der Waals surface area contributed by atoms with Crippen LogP contribution in [0.2, 0.25) is 0 Å². The first-order valence-corrected chi connectivity index (χ1v) is 6.70. The first-order valence-electron chi connectivity index (χ1n) is 4.98. The molecule has 0 spiro atoms. The Labute approximate surface area is 97.6 Å². The third kappa shape index (κ3) is 10.1. The molecule has 0 saturated carbocycles. The second-order valence-corrected chi connectivity index (χ2v) is 5.27. The second-order valence-electron chi connectivity index (χ2n) is 3.53. The van der Waals surface area contributed by atoms with Crippen molar-refractivity contribution < 1.29 is 26.4 Å². The van der Waals surface area contributed by atoms with E-state index in [2.05, 4.69) is 0 Å². The van der Waals surface area contributed by atoms with Gasteiger partial charge >= 0.3 is 12.1 Å². The van der Waals surface area contributed by atoms with Gasteiger partial charge in [-0.2, -0.15) is 13.2 Å². The van der Waals surface area contributed by atoms with Gasteiger partial charge in [0.15, 0.2) is 0 Å². The maximum Gasteiger partial charge on any atom is 0.471 e. The lowest BCUT2D eigenvalue weighted by Crippen LogP contribution is -2.37. The van der Waals surface area contributed by atoms with Gasteiger partial charge in [0.2, 0.25) is 10.0 Å². The van der Waals surface area contributed by atoms with E-state index in [0.29, 0.717) is 25.7 Å². The molecule has 0 unspecified atom stereocenters. The van der Waals surface area contributed by atoms with E-state index in [9.17, 15) is 26.4 Å². The Morgan fingerprint density at radius 1 is 1.12 bits per heavy atom. The first-order chi connectivity index (χ1) is 7.63. The van der Waals surface area contributed by atoms with Gasteiger partial charge in [-0.3, -0.25) is 4.79 Å². The minimum Gasteiger partial charge on any atom is -0.348 e. The predicted molar refractivity (Wildman–Crippen MR) is 55.5 cm³/mol. The van der Waals surface area contributed by atoms with Gasteiger partial charge in [0.1, 0.15) is 0 Å². The number of unbranched alkanes of at least 4 members (excludes halogenated alkanes) is 3. The molecule has 0 aromatic carbocycles. The Morgan fingerprint density at radius 2 is 1.65 bits per heavy atom. The van der Waals surface area contributed by atoms with Crippen LogP contribution >= 0.6 is 0 Å². The van der Waals surface area contributed by atoms with Crippen LogP contribution in [0.1, 0.15) is 25.7 Å². The van der Waals surface area contributed by atoms with Crippen molar-refractivity contribution in [2.24, 2.45) is 5.14 Å². The Kier molecular flexibility index (Phi) is 6.46. The maximum atomic E-state index is 11.7. The smallest absolute Gasteiger partial charge is 0.348 e. The number of amides is 1. The van der Waals surface area contributed by atoms with Crippen LogP contribution in [0.25, 0.3) is 0 Å². The van der Waals surface area contributed by atoms with Crippen LogP contribution in [-0.2, 0) is 14.8 Å². The molecule has 0 saturated heterocycles. The van der Waals surface area contributed by atoms with Crippen LogP contribution in [-0.4, -0.2) is 32.8 Å². The average Bonchev–Trinajstić information content (AvgIpc) is 2.12. The highest BCUT2D eigenvalue weighted by Crippen LogP contribution is 2.13. The molecule has 0 heterocycles. The SMILES string of the molecule is NS(=O)(=O)CCCCCCNC(=O)C(F)(F)F. The summed E-state index contributed by atoms with van der Waals surface area (Å²) in [7, 11) is -3.47. The number of hydrogen-bond acceptors (Lipinski definition) is 3. The largest absolute Gasteiger partial charge is 0.471 e. The number of rotatable bonds is 7. The fraction of sp³-hybridized carbons (Fsp3) is 0.875. The summed E-state index contributed by atoms with van der Waals surface area (Å²) in [6.07, 6.45) is -3.04. The van der Waals surface area contributed by atoms with E-state index in [1.165, 1.54) is 0 Å². The molecule has 3 N–H and O–H groups in total. The number of hydrogen-bond donors (Lipinski definition) is 2. The Balaban J connectivity index is 3.45. The summed E-state index contributed by atoms with van der Waals surface area (Å²) in [5, 5.41) is 6.48. The molecule has 5 nitrogen and oxygen atoms in total. The minimum absolute atomic E-state index is 0.0757. The molecule has 0 radical (unpaired) electrons. The van der Waals surface area contributed by atoms with Crippen LogP contribution in [0, 0.1) is 0 Å².